The Morgan fingerprint density at radius 1 is 0.900 bits per heavy atom. The first kappa shape index (κ1) is 27.1. The van der Waals surface area contributed by atoms with Crippen molar-refractivity contribution < 1.29 is 22.4 Å². The minimum Gasteiger partial charge on any atom is -0.348 e. The van der Waals surface area contributed by atoms with Gasteiger partial charge in [0, 0.05) is 28.5 Å². The van der Waals surface area contributed by atoms with Crippen molar-refractivity contribution in [1.29, 1.82) is 0 Å². The van der Waals surface area contributed by atoms with E-state index in [4.69, 9.17) is 0 Å². The van der Waals surface area contributed by atoms with Crippen molar-refractivity contribution in [1.82, 2.24) is 19.9 Å². The first-order chi connectivity index (χ1) is 19.1. The van der Waals surface area contributed by atoms with Gasteiger partial charge in [0.25, 0.3) is 11.5 Å². The van der Waals surface area contributed by atoms with Gasteiger partial charge >= 0.3 is 6.18 Å². The van der Waals surface area contributed by atoms with Crippen molar-refractivity contribution >= 4 is 28.7 Å². The Morgan fingerprint density at radius 3 is 2.23 bits per heavy atom. The molecule has 0 fully saturated rings. The number of hydrogen-bond donors (Lipinski definition) is 1. The molecule has 0 unspecified atom stereocenters. The molecule has 0 aliphatic heterocycles. The van der Waals surface area contributed by atoms with Gasteiger partial charge in [-0.3, -0.25) is 14.2 Å². The van der Waals surface area contributed by atoms with Crippen molar-refractivity contribution in [3.63, 3.8) is 0 Å². The summed E-state index contributed by atoms with van der Waals surface area (Å²) in [5.41, 5.74) is 1.25. The summed E-state index contributed by atoms with van der Waals surface area (Å²) in [6.07, 6.45) is -4.43. The van der Waals surface area contributed by atoms with Crippen molar-refractivity contribution in [3.05, 3.63) is 123 Å². The number of hydrogen-bond acceptors (Lipinski definition) is 5. The summed E-state index contributed by atoms with van der Waals surface area (Å²) < 4.78 is 53.0. The Morgan fingerprint density at radius 2 is 1.57 bits per heavy atom. The predicted molar refractivity (Wildman–Crippen MR) is 143 cm³/mol. The van der Waals surface area contributed by atoms with E-state index in [1.807, 2.05) is 0 Å². The second-order valence-corrected chi connectivity index (χ2v) is 9.86. The minimum atomic E-state index is -4.43. The Labute approximate surface area is 229 Å². The maximum atomic E-state index is 13.3. The highest BCUT2D eigenvalue weighted by atomic mass is 32.2. The molecule has 0 saturated heterocycles. The lowest BCUT2D eigenvalue weighted by Gasteiger charge is -2.13. The van der Waals surface area contributed by atoms with E-state index in [0.717, 1.165) is 17.0 Å². The zero-order valence-corrected chi connectivity index (χ0v) is 21.7. The first-order valence-electron chi connectivity index (χ1n) is 12.0. The van der Waals surface area contributed by atoms with Crippen molar-refractivity contribution in [3.8, 4) is 5.69 Å². The molecule has 6 nitrogen and oxygen atoms in total. The molecule has 2 aromatic heterocycles. The van der Waals surface area contributed by atoms with Gasteiger partial charge in [-0.2, -0.15) is 13.2 Å². The molecule has 5 rings (SSSR count). The highest BCUT2D eigenvalue weighted by Gasteiger charge is 2.29. The van der Waals surface area contributed by atoms with Crippen LogP contribution in [0.4, 0.5) is 17.6 Å². The lowest BCUT2D eigenvalue weighted by molar-refractivity contribution is -0.137. The molecule has 3 aromatic carbocycles. The molecule has 0 aliphatic rings. The number of amides is 1. The number of nitrogens with zero attached hydrogens (tertiary/aromatic N) is 3. The van der Waals surface area contributed by atoms with Gasteiger partial charge in [-0.15, -0.1) is 0 Å². The standard InChI is InChI=1S/C29H20F4N4O2S/c1-17-24-14-15-25(38)37(26(24)36-28(35-17)40-23-12-8-21(30)9-13-23)22-10-4-19(5-11-22)27(39)34-16-18-2-6-20(7-3-18)29(31,32)33/h2-15H,16H2,1H3,(H,34,39). The van der Waals surface area contributed by atoms with Crippen LogP contribution >= 0.6 is 11.8 Å². The molecule has 1 amide bonds. The van der Waals surface area contributed by atoms with Gasteiger partial charge in [0.15, 0.2) is 10.8 Å². The molecule has 0 bridgehead atoms. The maximum absolute atomic E-state index is 13.3. The number of nitrogens with one attached hydrogen (secondary N) is 1. The fourth-order valence-corrected chi connectivity index (χ4v) is 4.80. The molecule has 5 aromatic rings. The topological polar surface area (TPSA) is 76.9 Å². The zero-order valence-electron chi connectivity index (χ0n) is 20.9. The molecule has 11 heteroatoms. The highest BCUT2D eigenvalue weighted by molar-refractivity contribution is 7.99. The highest BCUT2D eigenvalue weighted by Crippen LogP contribution is 2.29. The van der Waals surface area contributed by atoms with Crippen LogP contribution in [0.1, 0.15) is 27.2 Å². The normalized spacial score (nSPS) is 11.5. The van der Waals surface area contributed by atoms with Crippen molar-refractivity contribution in [2.75, 3.05) is 0 Å². The second kappa shape index (κ2) is 10.9. The largest absolute Gasteiger partial charge is 0.416 e. The molecular weight excluding hydrogens is 544 g/mol. The van der Waals surface area contributed by atoms with Crippen LogP contribution in [0.3, 0.4) is 0 Å². The summed E-state index contributed by atoms with van der Waals surface area (Å²) in [7, 11) is 0. The fraction of sp³-hybridized carbons (Fsp3) is 0.103. The van der Waals surface area contributed by atoms with Gasteiger partial charge in [-0.1, -0.05) is 12.1 Å². The number of aryl methyl sites for hydroxylation is 1. The van der Waals surface area contributed by atoms with E-state index in [-0.39, 0.29) is 17.9 Å². The third-order valence-electron chi connectivity index (χ3n) is 6.07. The van der Waals surface area contributed by atoms with Gasteiger partial charge in [0.2, 0.25) is 0 Å². The van der Waals surface area contributed by atoms with Crippen LogP contribution in [-0.2, 0) is 12.7 Å². The summed E-state index contributed by atoms with van der Waals surface area (Å²) in [6, 6.07) is 19.8. The van der Waals surface area contributed by atoms with Crippen molar-refractivity contribution in [2.24, 2.45) is 0 Å². The van der Waals surface area contributed by atoms with Crippen molar-refractivity contribution in [2.45, 2.75) is 29.7 Å². The molecule has 2 heterocycles. The molecule has 0 saturated carbocycles. The average Bonchev–Trinajstić information content (AvgIpc) is 2.93. The van der Waals surface area contributed by atoms with Crippen LogP contribution < -0.4 is 10.9 Å². The molecule has 0 spiro atoms. The van der Waals surface area contributed by atoms with Gasteiger partial charge < -0.3 is 5.32 Å². The number of fused-ring (bicyclic) bond motifs is 1. The number of carbonyl (C=O) groups excluding carboxylic acids is 1. The van der Waals surface area contributed by atoms with E-state index in [2.05, 4.69) is 15.3 Å². The smallest absolute Gasteiger partial charge is 0.348 e. The van der Waals surface area contributed by atoms with Crippen LogP contribution in [-0.4, -0.2) is 20.4 Å². The number of benzene rings is 3. The number of carbonyl (C=O) groups is 1. The van der Waals surface area contributed by atoms with E-state index in [1.165, 1.54) is 46.7 Å². The molecule has 1 N–H and O–H groups in total. The lowest BCUT2D eigenvalue weighted by Crippen LogP contribution is -2.23. The zero-order chi connectivity index (χ0) is 28.4. The Balaban J connectivity index is 1.38. The number of alkyl halides is 3. The minimum absolute atomic E-state index is 0.0478. The average molecular weight is 565 g/mol. The van der Waals surface area contributed by atoms with Gasteiger partial charge in [0.05, 0.1) is 16.9 Å². The van der Waals surface area contributed by atoms with Gasteiger partial charge in [-0.05, 0) is 91.0 Å². The van der Waals surface area contributed by atoms with Crippen LogP contribution in [0.15, 0.2) is 99.8 Å². The molecule has 0 radical (unpaired) electrons. The van der Waals surface area contributed by atoms with E-state index in [0.29, 0.717) is 38.7 Å². The Hall–Kier alpha value is -4.51. The number of rotatable bonds is 6. The molecule has 40 heavy (non-hydrogen) atoms. The number of pyridine rings is 1. The van der Waals surface area contributed by atoms with Crippen LogP contribution in [0, 0.1) is 12.7 Å². The van der Waals surface area contributed by atoms with Crippen LogP contribution in [0.2, 0.25) is 0 Å². The second-order valence-electron chi connectivity index (χ2n) is 8.82. The van der Waals surface area contributed by atoms with Crippen LogP contribution in [0.25, 0.3) is 16.7 Å². The number of aromatic nitrogens is 3. The van der Waals surface area contributed by atoms with E-state index >= 15 is 0 Å². The summed E-state index contributed by atoms with van der Waals surface area (Å²) in [6.45, 7) is 1.85. The SMILES string of the molecule is Cc1nc(Sc2ccc(F)cc2)nc2c1ccc(=O)n2-c1ccc(C(=O)NCc2ccc(C(F)(F)F)cc2)cc1. The molecule has 0 atom stereocenters. The third kappa shape index (κ3) is 5.89. The van der Waals surface area contributed by atoms with E-state index in [1.54, 1.807) is 49.4 Å². The maximum Gasteiger partial charge on any atom is 0.416 e. The lowest BCUT2D eigenvalue weighted by atomic mass is 10.1. The van der Waals surface area contributed by atoms with Gasteiger partial charge in [-0.25, -0.2) is 14.4 Å². The summed E-state index contributed by atoms with van der Waals surface area (Å²) in [5.74, 6) is -0.779. The summed E-state index contributed by atoms with van der Waals surface area (Å²) in [5, 5.41) is 3.73. The molecule has 202 valence electrons. The van der Waals surface area contributed by atoms with Gasteiger partial charge in [0.1, 0.15) is 5.82 Å². The first-order valence-corrected chi connectivity index (χ1v) is 12.8. The summed E-state index contributed by atoms with van der Waals surface area (Å²) >= 11 is 1.23. The Bertz CT molecular complexity index is 1750. The van der Waals surface area contributed by atoms with Crippen LogP contribution in [0.5, 0.6) is 0 Å². The summed E-state index contributed by atoms with van der Waals surface area (Å²) in [4.78, 5) is 35.4. The fourth-order valence-electron chi connectivity index (χ4n) is 4.00. The van der Waals surface area contributed by atoms with E-state index in [9.17, 15) is 27.2 Å². The Kier molecular flexibility index (Phi) is 7.40. The monoisotopic (exact) mass is 564 g/mol. The molecule has 0 aliphatic carbocycles. The quantitative estimate of drug-likeness (QED) is 0.193. The third-order valence-corrected chi connectivity index (χ3v) is 6.94. The molecular formula is C29H20F4N4O2S. The number of halogens is 4. The van der Waals surface area contributed by atoms with E-state index < -0.39 is 17.6 Å². The predicted octanol–water partition coefficient (Wildman–Crippen LogP) is 6.33.